The van der Waals surface area contributed by atoms with Crippen LogP contribution < -0.4 is 0 Å². The average molecular weight is 717 g/mol. The summed E-state index contributed by atoms with van der Waals surface area (Å²) in [5.74, 6) is 0.815. The van der Waals surface area contributed by atoms with Gasteiger partial charge in [0.2, 0.25) is 0 Å². The Morgan fingerprint density at radius 1 is 0.429 bits per heavy atom. The Morgan fingerprint density at radius 2 is 1.04 bits per heavy atom. The van der Waals surface area contributed by atoms with E-state index in [0.29, 0.717) is 0 Å². The van der Waals surface area contributed by atoms with Gasteiger partial charge in [-0.05, 0) is 76.3 Å². The Bertz CT molecular complexity index is 3210. The third-order valence-corrected chi connectivity index (χ3v) is 10.6. The SMILES string of the molecule is c1ccc(-c2ccc3oc4c(-c5ccc(-c6nc7c8ncccc8nc(-c8ccccc8)c7n6-c6ccccc6)cc5)cc(-c5ccccc5)cc4c3c2)cc1. The summed E-state index contributed by atoms with van der Waals surface area (Å²) in [4.78, 5) is 15.4. The zero-order valence-corrected chi connectivity index (χ0v) is 30.2. The Balaban J connectivity index is 1.12. The third kappa shape index (κ3) is 5.29. The third-order valence-electron chi connectivity index (χ3n) is 10.6. The minimum absolute atomic E-state index is 0.773. The van der Waals surface area contributed by atoms with Crippen LogP contribution in [0, 0.1) is 0 Å². The second-order valence-electron chi connectivity index (χ2n) is 14.0. The molecule has 7 aromatic carbocycles. The van der Waals surface area contributed by atoms with Gasteiger partial charge in [-0.2, -0.15) is 0 Å². The summed E-state index contributed by atoms with van der Waals surface area (Å²) >= 11 is 0. The van der Waals surface area contributed by atoms with Crippen LogP contribution >= 0.6 is 0 Å². The molecule has 0 amide bonds. The van der Waals surface area contributed by atoms with Gasteiger partial charge in [0.1, 0.15) is 33.5 Å². The predicted molar refractivity (Wildman–Crippen MR) is 229 cm³/mol. The highest BCUT2D eigenvalue weighted by atomic mass is 16.3. The molecule has 0 aliphatic rings. The minimum Gasteiger partial charge on any atom is -0.455 e. The van der Waals surface area contributed by atoms with Crippen molar-refractivity contribution in [1.82, 2.24) is 19.5 Å². The molecule has 5 heteroatoms. The molecule has 5 nitrogen and oxygen atoms in total. The normalized spacial score (nSPS) is 11.6. The topological polar surface area (TPSA) is 56.7 Å². The van der Waals surface area contributed by atoms with Crippen LogP contribution in [0.1, 0.15) is 0 Å². The maximum Gasteiger partial charge on any atom is 0.145 e. The molecule has 0 atom stereocenters. The summed E-state index contributed by atoms with van der Waals surface area (Å²) in [6.07, 6.45) is 1.81. The number of imidazole rings is 1. The van der Waals surface area contributed by atoms with Gasteiger partial charge in [-0.25, -0.2) is 9.97 Å². The highest BCUT2D eigenvalue weighted by Crippen LogP contribution is 2.42. The van der Waals surface area contributed by atoms with Crippen molar-refractivity contribution in [1.29, 1.82) is 0 Å². The molecule has 0 N–H and O–H groups in total. The second-order valence-corrected chi connectivity index (χ2v) is 14.0. The molecule has 0 unspecified atom stereocenters. The maximum absolute atomic E-state index is 6.72. The first kappa shape index (κ1) is 31.9. The van der Waals surface area contributed by atoms with Gasteiger partial charge in [0.05, 0.1) is 11.2 Å². The molecule has 0 fully saturated rings. The van der Waals surface area contributed by atoms with Gasteiger partial charge in [-0.15, -0.1) is 0 Å². The number of pyridine rings is 2. The molecule has 11 aromatic rings. The van der Waals surface area contributed by atoms with E-state index in [4.69, 9.17) is 19.4 Å². The van der Waals surface area contributed by atoms with Crippen molar-refractivity contribution in [2.75, 3.05) is 0 Å². The van der Waals surface area contributed by atoms with Crippen LogP contribution in [0.4, 0.5) is 0 Å². The fourth-order valence-electron chi connectivity index (χ4n) is 7.97. The van der Waals surface area contributed by atoms with Crippen LogP contribution in [0.25, 0.3) is 106 Å². The number of benzene rings is 7. The molecule has 262 valence electrons. The number of rotatable bonds is 6. The lowest BCUT2D eigenvalue weighted by atomic mass is 9.94. The number of hydrogen-bond donors (Lipinski definition) is 0. The van der Waals surface area contributed by atoms with E-state index in [2.05, 4.69) is 156 Å². The molecule has 0 aliphatic heterocycles. The largest absolute Gasteiger partial charge is 0.455 e. The van der Waals surface area contributed by atoms with E-state index < -0.39 is 0 Å². The van der Waals surface area contributed by atoms with E-state index in [-0.39, 0.29) is 0 Å². The summed E-state index contributed by atoms with van der Waals surface area (Å²) in [5, 5.41) is 2.18. The Hall–Kier alpha value is -7.63. The second kappa shape index (κ2) is 13.0. The predicted octanol–water partition coefficient (Wildman–Crippen LogP) is 13.2. The van der Waals surface area contributed by atoms with Gasteiger partial charge >= 0.3 is 0 Å². The molecular formula is C51H32N4O. The number of fused-ring (bicyclic) bond motifs is 6. The highest BCUT2D eigenvalue weighted by Gasteiger charge is 2.23. The Labute approximate surface area is 322 Å². The van der Waals surface area contributed by atoms with Crippen LogP contribution in [0.2, 0.25) is 0 Å². The van der Waals surface area contributed by atoms with Crippen molar-refractivity contribution in [3.05, 3.63) is 194 Å². The zero-order chi connectivity index (χ0) is 37.0. The number of aromatic nitrogens is 4. The quantitative estimate of drug-likeness (QED) is 0.172. The van der Waals surface area contributed by atoms with Crippen LogP contribution in [-0.4, -0.2) is 19.5 Å². The van der Waals surface area contributed by atoms with Crippen LogP contribution in [0.3, 0.4) is 0 Å². The van der Waals surface area contributed by atoms with Gasteiger partial charge in [0.25, 0.3) is 0 Å². The van der Waals surface area contributed by atoms with Crippen molar-refractivity contribution >= 4 is 44.0 Å². The van der Waals surface area contributed by atoms with Crippen molar-refractivity contribution in [3.63, 3.8) is 0 Å². The monoisotopic (exact) mass is 716 g/mol. The standard InChI is InChI=1S/C51H32N4O/c1-5-14-33(15-6-1)38-27-28-45-42(30-38)43-32-39(34-16-7-2-8-17-34)31-41(50(43)56-45)35-23-25-37(26-24-35)51-54-48-47-44(22-13-29-52-47)53-46(36-18-9-3-10-19-36)49(48)55(51)40-20-11-4-12-21-40/h1-32H. The highest BCUT2D eigenvalue weighted by molar-refractivity contribution is 6.12. The molecule has 4 heterocycles. The molecule has 4 aromatic heterocycles. The molecule has 0 bridgehead atoms. The number of para-hydroxylation sites is 1. The van der Waals surface area contributed by atoms with Crippen LogP contribution in [0.5, 0.6) is 0 Å². The number of hydrogen-bond acceptors (Lipinski definition) is 4. The smallest absolute Gasteiger partial charge is 0.145 e. The van der Waals surface area contributed by atoms with Gasteiger partial charge < -0.3 is 4.42 Å². The molecular weight excluding hydrogens is 685 g/mol. The van der Waals surface area contributed by atoms with E-state index in [0.717, 1.165) is 100 Å². The molecule has 0 saturated carbocycles. The Morgan fingerprint density at radius 3 is 1.75 bits per heavy atom. The summed E-state index contributed by atoms with van der Waals surface area (Å²) in [7, 11) is 0. The fraction of sp³-hybridized carbons (Fsp3) is 0. The summed E-state index contributed by atoms with van der Waals surface area (Å²) in [6, 6.07) is 65.4. The zero-order valence-electron chi connectivity index (χ0n) is 30.2. The maximum atomic E-state index is 6.72. The first-order valence-electron chi connectivity index (χ1n) is 18.8. The first-order chi connectivity index (χ1) is 27.8. The van der Waals surface area contributed by atoms with Gasteiger partial charge in [-0.3, -0.25) is 9.55 Å². The summed E-state index contributed by atoms with van der Waals surface area (Å²) in [6.45, 7) is 0. The fourth-order valence-corrected chi connectivity index (χ4v) is 7.97. The molecule has 11 rings (SSSR count). The van der Waals surface area contributed by atoms with Crippen molar-refractivity contribution in [2.45, 2.75) is 0 Å². The minimum atomic E-state index is 0.773. The van der Waals surface area contributed by atoms with Crippen molar-refractivity contribution in [2.24, 2.45) is 0 Å². The van der Waals surface area contributed by atoms with E-state index in [1.807, 2.05) is 42.6 Å². The van der Waals surface area contributed by atoms with Crippen molar-refractivity contribution in [3.8, 4) is 61.7 Å². The van der Waals surface area contributed by atoms with E-state index in [1.54, 1.807) is 0 Å². The Kier molecular flexibility index (Phi) is 7.42. The van der Waals surface area contributed by atoms with Crippen LogP contribution in [0.15, 0.2) is 199 Å². The molecule has 0 spiro atoms. The van der Waals surface area contributed by atoms with Gasteiger partial charge in [-0.1, -0.05) is 140 Å². The first-order valence-corrected chi connectivity index (χ1v) is 18.8. The van der Waals surface area contributed by atoms with Gasteiger partial charge in [0, 0.05) is 39.3 Å². The van der Waals surface area contributed by atoms with E-state index >= 15 is 0 Å². The van der Waals surface area contributed by atoms with Gasteiger partial charge in [0.15, 0.2) is 0 Å². The molecule has 0 radical (unpaired) electrons. The average Bonchev–Trinajstić information content (AvgIpc) is 3.87. The lowest BCUT2D eigenvalue weighted by Crippen LogP contribution is -2.00. The molecule has 56 heavy (non-hydrogen) atoms. The van der Waals surface area contributed by atoms with E-state index in [1.165, 1.54) is 5.56 Å². The van der Waals surface area contributed by atoms with Crippen LogP contribution in [-0.2, 0) is 0 Å². The number of nitrogens with zero attached hydrogens (tertiary/aromatic N) is 4. The molecule has 0 aliphatic carbocycles. The lowest BCUT2D eigenvalue weighted by Gasteiger charge is -2.13. The summed E-state index contributed by atoms with van der Waals surface area (Å²) < 4.78 is 8.94. The lowest BCUT2D eigenvalue weighted by molar-refractivity contribution is 0.670. The summed E-state index contributed by atoms with van der Waals surface area (Å²) in [5.41, 5.74) is 15.6. The molecule has 0 saturated heterocycles. The number of furan rings is 1. The van der Waals surface area contributed by atoms with E-state index in [9.17, 15) is 0 Å². The van der Waals surface area contributed by atoms with Crippen molar-refractivity contribution < 1.29 is 4.42 Å².